The highest BCUT2D eigenvalue weighted by Crippen LogP contribution is 2.27. The van der Waals surface area contributed by atoms with Crippen molar-refractivity contribution in [2.45, 2.75) is 6.92 Å². The van der Waals surface area contributed by atoms with Gasteiger partial charge in [-0.3, -0.25) is 0 Å². The molecule has 0 unspecified atom stereocenters. The van der Waals surface area contributed by atoms with Crippen molar-refractivity contribution in [1.29, 1.82) is 0 Å². The van der Waals surface area contributed by atoms with Crippen LogP contribution in [0.2, 0.25) is 0 Å². The van der Waals surface area contributed by atoms with E-state index in [0.29, 0.717) is 10.3 Å². The third-order valence-corrected chi connectivity index (χ3v) is 2.66. The number of carbonyl (C=O) groups excluding carboxylic acids is 1. The third-order valence-electron chi connectivity index (χ3n) is 1.87. The van der Waals surface area contributed by atoms with Gasteiger partial charge in [0.1, 0.15) is 0 Å². The molecule has 0 amide bonds. The van der Waals surface area contributed by atoms with Gasteiger partial charge in [-0.2, -0.15) is 0 Å². The van der Waals surface area contributed by atoms with Crippen LogP contribution in [0.1, 0.15) is 6.92 Å². The Labute approximate surface area is 94.8 Å². The SMILES string of the molecule is C=C(C)C(=O)Oc1cccc2sc(=O)oc12. The van der Waals surface area contributed by atoms with Crippen molar-refractivity contribution in [2.75, 3.05) is 0 Å². The average Bonchev–Trinajstić information content (AvgIpc) is 2.59. The van der Waals surface area contributed by atoms with E-state index in [4.69, 9.17) is 9.15 Å². The number of hydrogen-bond donors (Lipinski definition) is 0. The Morgan fingerprint density at radius 3 is 2.94 bits per heavy atom. The van der Waals surface area contributed by atoms with E-state index in [1.54, 1.807) is 25.1 Å². The first-order valence-electron chi connectivity index (χ1n) is 4.48. The van der Waals surface area contributed by atoms with Crippen LogP contribution in [0.25, 0.3) is 10.3 Å². The van der Waals surface area contributed by atoms with Crippen molar-refractivity contribution in [3.63, 3.8) is 0 Å². The van der Waals surface area contributed by atoms with Crippen LogP contribution in [0.5, 0.6) is 5.75 Å². The first-order chi connectivity index (χ1) is 7.58. The summed E-state index contributed by atoms with van der Waals surface area (Å²) in [5, 5.41) is 0. The van der Waals surface area contributed by atoms with Gasteiger partial charge in [0, 0.05) is 5.57 Å². The number of carbonyl (C=O) groups is 1. The van der Waals surface area contributed by atoms with Gasteiger partial charge in [0.05, 0.1) is 4.70 Å². The highest BCUT2D eigenvalue weighted by molar-refractivity contribution is 7.16. The van der Waals surface area contributed by atoms with E-state index in [1.165, 1.54) is 0 Å². The van der Waals surface area contributed by atoms with Crippen molar-refractivity contribution in [1.82, 2.24) is 0 Å². The lowest BCUT2D eigenvalue weighted by molar-refractivity contribution is -0.130. The molecule has 1 aromatic carbocycles. The largest absolute Gasteiger partial charge is 0.419 e. The molecule has 0 fully saturated rings. The molecule has 0 aliphatic carbocycles. The van der Waals surface area contributed by atoms with Crippen LogP contribution in [0.3, 0.4) is 0 Å². The van der Waals surface area contributed by atoms with Gasteiger partial charge in [-0.15, -0.1) is 0 Å². The van der Waals surface area contributed by atoms with E-state index >= 15 is 0 Å². The van der Waals surface area contributed by atoms with Gasteiger partial charge in [0.15, 0.2) is 11.3 Å². The molecule has 16 heavy (non-hydrogen) atoms. The summed E-state index contributed by atoms with van der Waals surface area (Å²) < 4.78 is 10.6. The molecule has 4 nitrogen and oxygen atoms in total. The van der Waals surface area contributed by atoms with E-state index in [0.717, 1.165) is 11.3 Å². The number of rotatable bonds is 2. The second-order valence-corrected chi connectivity index (χ2v) is 4.18. The highest BCUT2D eigenvalue weighted by atomic mass is 32.1. The van der Waals surface area contributed by atoms with Crippen LogP contribution in [-0.2, 0) is 4.79 Å². The second kappa shape index (κ2) is 3.94. The quantitative estimate of drug-likeness (QED) is 0.456. The predicted octanol–water partition coefficient (Wildman–Crippen LogP) is 2.34. The van der Waals surface area contributed by atoms with Crippen molar-refractivity contribution in [3.05, 3.63) is 40.1 Å². The Bertz CT molecular complexity index is 620. The van der Waals surface area contributed by atoms with Gasteiger partial charge in [0.2, 0.25) is 0 Å². The Morgan fingerprint density at radius 1 is 1.50 bits per heavy atom. The first kappa shape index (κ1) is 10.6. The fraction of sp³-hybridized carbons (Fsp3) is 0.0909. The van der Waals surface area contributed by atoms with Crippen LogP contribution in [-0.4, -0.2) is 5.97 Å². The van der Waals surface area contributed by atoms with E-state index in [-0.39, 0.29) is 11.3 Å². The summed E-state index contributed by atoms with van der Waals surface area (Å²) in [6, 6.07) is 4.98. The minimum absolute atomic E-state index is 0.240. The molecule has 0 aliphatic rings. The fourth-order valence-corrected chi connectivity index (χ4v) is 1.82. The zero-order valence-corrected chi connectivity index (χ0v) is 9.30. The maximum Gasteiger partial charge on any atom is 0.396 e. The van der Waals surface area contributed by atoms with E-state index in [2.05, 4.69) is 6.58 Å². The summed E-state index contributed by atoms with van der Waals surface area (Å²) in [6.07, 6.45) is 0. The molecule has 1 heterocycles. The van der Waals surface area contributed by atoms with Gasteiger partial charge in [-0.25, -0.2) is 9.59 Å². The van der Waals surface area contributed by atoms with E-state index in [9.17, 15) is 9.59 Å². The monoisotopic (exact) mass is 236 g/mol. The molecule has 82 valence electrons. The highest BCUT2D eigenvalue weighted by Gasteiger charge is 2.12. The van der Waals surface area contributed by atoms with Crippen molar-refractivity contribution < 1.29 is 13.9 Å². The topological polar surface area (TPSA) is 56.5 Å². The average molecular weight is 236 g/mol. The zero-order chi connectivity index (χ0) is 11.7. The van der Waals surface area contributed by atoms with Gasteiger partial charge in [-0.05, 0) is 19.1 Å². The molecule has 0 saturated heterocycles. The molecule has 0 bridgehead atoms. The van der Waals surface area contributed by atoms with Crippen molar-refractivity contribution >= 4 is 27.6 Å². The summed E-state index contributed by atoms with van der Waals surface area (Å²) in [4.78, 5) is 22.0. The van der Waals surface area contributed by atoms with E-state index in [1.807, 2.05) is 0 Å². The standard InChI is InChI=1S/C11H8O4S/c1-6(2)10(12)14-7-4-3-5-8-9(7)15-11(13)16-8/h3-5H,1H2,2H3. The zero-order valence-electron chi connectivity index (χ0n) is 8.48. The normalized spacial score (nSPS) is 10.3. The third kappa shape index (κ3) is 1.90. The number of benzene rings is 1. The van der Waals surface area contributed by atoms with Crippen LogP contribution in [0.15, 0.2) is 39.6 Å². The molecule has 0 N–H and O–H groups in total. The molecule has 2 rings (SSSR count). The summed E-state index contributed by atoms with van der Waals surface area (Å²) in [5.41, 5.74) is 0.585. The smallest absolute Gasteiger partial charge is 0.396 e. The number of esters is 1. The van der Waals surface area contributed by atoms with E-state index < -0.39 is 10.9 Å². The van der Waals surface area contributed by atoms with Gasteiger partial charge in [0.25, 0.3) is 0 Å². The van der Waals surface area contributed by atoms with Crippen LogP contribution in [0, 0.1) is 0 Å². The lowest BCUT2D eigenvalue weighted by Crippen LogP contribution is -2.08. The minimum atomic E-state index is -0.540. The molecule has 0 atom stereocenters. The molecule has 1 aromatic heterocycles. The van der Waals surface area contributed by atoms with Crippen molar-refractivity contribution in [2.24, 2.45) is 0 Å². The van der Waals surface area contributed by atoms with Gasteiger partial charge >= 0.3 is 10.9 Å². The number of para-hydroxylation sites is 1. The summed E-state index contributed by atoms with van der Waals surface area (Å²) in [5.74, 6) is -0.301. The number of ether oxygens (including phenoxy) is 1. The van der Waals surface area contributed by atoms with Crippen LogP contribution in [0.4, 0.5) is 0 Å². The maximum atomic E-state index is 11.3. The Hall–Kier alpha value is -1.88. The van der Waals surface area contributed by atoms with Crippen LogP contribution < -0.4 is 9.68 Å². The molecule has 5 heteroatoms. The fourth-order valence-electron chi connectivity index (χ4n) is 1.14. The molecule has 0 spiro atoms. The molecule has 0 saturated carbocycles. The maximum absolute atomic E-state index is 11.3. The summed E-state index contributed by atoms with van der Waals surface area (Å²) in [7, 11) is 0. The molecule has 0 radical (unpaired) electrons. The van der Waals surface area contributed by atoms with Gasteiger partial charge in [-0.1, -0.05) is 24.0 Å². The number of fused-ring (bicyclic) bond motifs is 1. The molecule has 0 aliphatic heterocycles. The predicted molar refractivity (Wildman–Crippen MR) is 60.8 cm³/mol. The lowest BCUT2D eigenvalue weighted by Gasteiger charge is -2.02. The Morgan fingerprint density at radius 2 is 2.25 bits per heavy atom. The second-order valence-electron chi connectivity index (χ2n) is 3.21. The lowest BCUT2D eigenvalue weighted by atomic mass is 10.3. The molecule has 2 aromatic rings. The first-order valence-corrected chi connectivity index (χ1v) is 5.30. The molecular formula is C11H8O4S. The number of hydrogen-bond acceptors (Lipinski definition) is 5. The van der Waals surface area contributed by atoms with Gasteiger partial charge < -0.3 is 9.15 Å². The Balaban J connectivity index is 2.48. The summed E-state index contributed by atoms with van der Waals surface area (Å²) >= 11 is 0.966. The molecular weight excluding hydrogens is 228 g/mol. The van der Waals surface area contributed by atoms with Crippen LogP contribution >= 0.6 is 11.3 Å². The van der Waals surface area contributed by atoms with Crippen molar-refractivity contribution in [3.8, 4) is 5.75 Å². The minimum Gasteiger partial charge on any atom is -0.419 e. The summed E-state index contributed by atoms with van der Waals surface area (Å²) in [6.45, 7) is 5.02. The Kier molecular flexibility index (Phi) is 2.62.